The Bertz CT molecular complexity index is 786. The molecular formula is C19H14Cl2O2. The topological polar surface area (TPSA) is 29.5 Å². The van der Waals surface area contributed by atoms with E-state index in [2.05, 4.69) is 0 Å². The molecule has 0 heterocycles. The van der Waals surface area contributed by atoms with E-state index >= 15 is 0 Å². The molecule has 23 heavy (non-hydrogen) atoms. The SMILES string of the molecule is O[C@H](c1ccc(Oc2ccccc2)cc1)c1ccc(Cl)cc1Cl. The third-order valence-electron chi connectivity index (χ3n) is 3.43. The van der Waals surface area contributed by atoms with Crippen LogP contribution >= 0.6 is 23.2 Å². The van der Waals surface area contributed by atoms with Crippen LogP contribution in [-0.4, -0.2) is 5.11 Å². The molecule has 0 aliphatic heterocycles. The standard InChI is InChI=1S/C19H14Cl2O2/c20-14-8-11-17(18(21)12-14)19(22)13-6-9-16(10-7-13)23-15-4-2-1-3-5-15/h1-12,19,22H/t19-/m1/s1. The van der Waals surface area contributed by atoms with Gasteiger partial charge in [0.25, 0.3) is 0 Å². The Morgan fingerprint density at radius 1 is 0.783 bits per heavy atom. The van der Waals surface area contributed by atoms with Crippen molar-refractivity contribution in [2.45, 2.75) is 6.10 Å². The van der Waals surface area contributed by atoms with Crippen molar-refractivity contribution in [1.82, 2.24) is 0 Å². The van der Waals surface area contributed by atoms with Crippen LogP contribution in [0.15, 0.2) is 72.8 Å². The van der Waals surface area contributed by atoms with Crippen LogP contribution in [0, 0.1) is 0 Å². The molecule has 1 atom stereocenters. The van der Waals surface area contributed by atoms with Gasteiger partial charge in [-0.3, -0.25) is 0 Å². The first-order valence-electron chi connectivity index (χ1n) is 7.09. The third kappa shape index (κ3) is 3.85. The minimum atomic E-state index is -0.814. The quantitative estimate of drug-likeness (QED) is 0.641. The van der Waals surface area contributed by atoms with E-state index in [0.29, 0.717) is 21.4 Å². The van der Waals surface area contributed by atoms with Gasteiger partial charge in [-0.2, -0.15) is 0 Å². The molecule has 4 heteroatoms. The van der Waals surface area contributed by atoms with Gasteiger partial charge in [0.15, 0.2) is 0 Å². The Kier molecular flexibility index (Phi) is 4.87. The summed E-state index contributed by atoms with van der Waals surface area (Å²) in [7, 11) is 0. The Morgan fingerprint density at radius 2 is 1.43 bits per heavy atom. The van der Waals surface area contributed by atoms with Crippen LogP contribution in [0.1, 0.15) is 17.2 Å². The van der Waals surface area contributed by atoms with Crippen LogP contribution < -0.4 is 4.74 Å². The molecule has 0 spiro atoms. The molecule has 3 aromatic carbocycles. The minimum Gasteiger partial charge on any atom is -0.457 e. The van der Waals surface area contributed by atoms with E-state index in [0.717, 1.165) is 11.3 Å². The molecular weight excluding hydrogens is 331 g/mol. The van der Waals surface area contributed by atoms with Gasteiger partial charge in [0.05, 0.1) is 0 Å². The molecule has 0 bridgehead atoms. The summed E-state index contributed by atoms with van der Waals surface area (Å²) in [6.07, 6.45) is -0.814. The van der Waals surface area contributed by atoms with Gasteiger partial charge in [-0.05, 0) is 42.0 Å². The van der Waals surface area contributed by atoms with Crippen molar-refractivity contribution >= 4 is 23.2 Å². The lowest BCUT2D eigenvalue weighted by Crippen LogP contribution is -2.00. The highest BCUT2D eigenvalue weighted by Crippen LogP contribution is 2.31. The zero-order chi connectivity index (χ0) is 16.2. The van der Waals surface area contributed by atoms with Crippen molar-refractivity contribution < 1.29 is 9.84 Å². The molecule has 0 unspecified atom stereocenters. The zero-order valence-corrected chi connectivity index (χ0v) is 13.6. The van der Waals surface area contributed by atoms with E-state index < -0.39 is 6.10 Å². The molecule has 116 valence electrons. The molecule has 0 fully saturated rings. The summed E-state index contributed by atoms with van der Waals surface area (Å²) in [6, 6.07) is 21.8. The van der Waals surface area contributed by atoms with E-state index in [4.69, 9.17) is 27.9 Å². The number of benzene rings is 3. The maximum Gasteiger partial charge on any atom is 0.127 e. The minimum absolute atomic E-state index is 0.439. The molecule has 3 aromatic rings. The smallest absolute Gasteiger partial charge is 0.127 e. The fraction of sp³-hybridized carbons (Fsp3) is 0.0526. The summed E-state index contributed by atoms with van der Waals surface area (Å²) in [5.41, 5.74) is 1.35. The number of aliphatic hydroxyl groups is 1. The maximum atomic E-state index is 10.5. The van der Waals surface area contributed by atoms with E-state index in [1.54, 1.807) is 18.2 Å². The Balaban J connectivity index is 1.78. The van der Waals surface area contributed by atoms with Gasteiger partial charge in [-0.1, -0.05) is 59.6 Å². The number of halogens is 2. The highest BCUT2D eigenvalue weighted by molar-refractivity contribution is 6.35. The van der Waals surface area contributed by atoms with Gasteiger partial charge in [0.1, 0.15) is 17.6 Å². The monoisotopic (exact) mass is 344 g/mol. The lowest BCUT2D eigenvalue weighted by molar-refractivity contribution is 0.220. The number of aliphatic hydroxyl groups excluding tert-OH is 1. The summed E-state index contributed by atoms with van der Waals surface area (Å²) in [5, 5.41) is 11.5. The first-order chi connectivity index (χ1) is 11.1. The van der Waals surface area contributed by atoms with Crippen LogP contribution in [0.2, 0.25) is 10.0 Å². The summed E-state index contributed by atoms with van der Waals surface area (Å²) in [4.78, 5) is 0. The molecule has 0 amide bonds. The number of ether oxygens (including phenoxy) is 1. The molecule has 0 aliphatic carbocycles. The summed E-state index contributed by atoms with van der Waals surface area (Å²) < 4.78 is 5.73. The van der Waals surface area contributed by atoms with Crippen LogP contribution in [-0.2, 0) is 0 Å². The maximum absolute atomic E-state index is 10.5. The molecule has 0 saturated carbocycles. The van der Waals surface area contributed by atoms with Crippen LogP contribution in [0.25, 0.3) is 0 Å². The van der Waals surface area contributed by atoms with E-state index in [1.807, 2.05) is 54.6 Å². The number of hydrogen-bond donors (Lipinski definition) is 1. The number of para-hydroxylation sites is 1. The molecule has 3 rings (SSSR count). The first kappa shape index (κ1) is 15.9. The predicted octanol–water partition coefficient (Wildman–Crippen LogP) is 5.87. The average molecular weight is 345 g/mol. The summed E-state index contributed by atoms with van der Waals surface area (Å²) in [5.74, 6) is 1.47. The van der Waals surface area contributed by atoms with E-state index in [1.165, 1.54) is 0 Å². The van der Waals surface area contributed by atoms with Gasteiger partial charge < -0.3 is 9.84 Å². The molecule has 0 radical (unpaired) electrons. The van der Waals surface area contributed by atoms with Crippen molar-refractivity contribution in [3.8, 4) is 11.5 Å². The molecule has 0 aliphatic rings. The van der Waals surface area contributed by atoms with Gasteiger partial charge in [0.2, 0.25) is 0 Å². The molecule has 1 N–H and O–H groups in total. The lowest BCUT2D eigenvalue weighted by atomic mass is 10.0. The number of hydrogen-bond acceptors (Lipinski definition) is 2. The lowest BCUT2D eigenvalue weighted by Gasteiger charge is -2.14. The van der Waals surface area contributed by atoms with E-state index in [9.17, 15) is 5.11 Å². The van der Waals surface area contributed by atoms with Crippen molar-refractivity contribution in [3.63, 3.8) is 0 Å². The Morgan fingerprint density at radius 3 is 2.09 bits per heavy atom. The van der Waals surface area contributed by atoms with Crippen molar-refractivity contribution in [3.05, 3.63) is 94.0 Å². The van der Waals surface area contributed by atoms with Crippen molar-refractivity contribution in [2.24, 2.45) is 0 Å². The van der Waals surface area contributed by atoms with Crippen LogP contribution in [0.3, 0.4) is 0 Å². The van der Waals surface area contributed by atoms with E-state index in [-0.39, 0.29) is 0 Å². The molecule has 2 nitrogen and oxygen atoms in total. The van der Waals surface area contributed by atoms with Gasteiger partial charge in [-0.25, -0.2) is 0 Å². The summed E-state index contributed by atoms with van der Waals surface area (Å²) >= 11 is 12.0. The molecule has 0 saturated heterocycles. The Labute approximate surface area is 144 Å². The van der Waals surface area contributed by atoms with Crippen LogP contribution in [0.4, 0.5) is 0 Å². The normalized spacial score (nSPS) is 12.0. The van der Waals surface area contributed by atoms with Gasteiger partial charge in [0, 0.05) is 15.6 Å². The largest absolute Gasteiger partial charge is 0.457 e. The van der Waals surface area contributed by atoms with Gasteiger partial charge >= 0.3 is 0 Å². The first-order valence-corrected chi connectivity index (χ1v) is 7.85. The van der Waals surface area contributed by atoms with Crippen LogP contribution in [0.5, 0.6) is 11.5 Å². The average Bonchev–Trinajstić information content (AvgIpc) is 2.56. The highest BCUT2D eigenvalue weighted by Gasteiger charge is 2.14. The zero-order valence-electron chi connectivity index (χ0n) is 12.1. The van der Waals surface area contributed by atoms with Crippen molar-refractivity contribution in [2.75, 3.05) is 0 Å². The molecule has 0 aromatic heterocycles. The second-order valence-corrected chi connectivity index (χ2v) is 5.90. The second-order valence-electron chi connectivity index (χ2n) is 5.05. The highest BCUT2D eigenvalue weighted by atomic mass is 35.5. The third-order valence-corrected chi connectivity index (χ3v) is 3.99. The fourth-order valence-electron chi connectivity index (χ4n) is 2.25. The predicted molar refractivity (Wildman–Crippen MR) is 93.5 cm³/mol. The van der Waals surface area contributed by atoms with Crippen molar-refractivity contribution in [1.29, 1.82) is 0 Å². The fourth-order valence-corrected chi connectivity index (χ4v) is 2.76. The number of rotatable bonds is 4. The second kappa shape index (κ2) is 7.05. The Hall–Kier alpha value is -2.00. The summed E-state index contributed by atoms with van der Waals surface area (Å²) in [6.45, 7) is 0. The van der Waals surface area contributed by atoms with Gasteiger partial charge in [-0.15, -0.1) is 0 Å².